The number of rotatable bonds is 5. The number of nitrogens with one attached hydrogen (secondary N) is 1. The quantitative estimate of drug-likeness (QED) is 0.800. The number of nitrogens with zero attached hydrogens (tertiary/aromatic N) is 3. The van der Waals surface area contributed by atoms with Gasteiger partial charge in [-0.05, 0) is 19.4 Å². The molecule has 2 amide bonds. The zero-order valence-electron chi connectivity index (χ0n) is 10.5. The number of hydrogen-bond donors (Lipinski definition) is 1. The summed E-state index contributed by atoms with van der Waals surface area (Å²) in [4.78, 5) is 24.7. The summed E-state index contributed by atoms with van der Waals surface area (Å²) >= 11 is 0. The van der Waals surface area contributed by atoms with E-state index in [0.29, 0.717) is 19.5 Å². The Morgan fingerprint density at radius 2 is 2.44 bits per heavy atom. The van der Waals surface area contributed by atoms with Crippen molar-refractivity contribution in [2.24, 2.45) is 0 Å². The lowest BCUT2D eigenvalue weighted by molar-refractivity contribution is -0.133. The highest BCUT2D eigenvalue weighted by Gasteiger charge is 2.22. The number of likely N-dealkylation sites (tertiary alicyclic amines) is 1. The van der Waals surface area contributed by atoms with Gasteiger partial charge in [0.05, 0.1) is 13.1 Å². The van der Waals surface area contributed by atoms with Crippen LogP contribution in [0.25, 0.3) is 0 Å². The van der Waals surface area contributed by atoms with Crippen LogP contribution in [-0.4, -0.2) is 45.6 Å². The van der Waals surface area contributed by atoms with E-state index in [0.717, 1.165) is 6.42 Å². The molecule has 1 aliphatic rings. The lowest BCUT2D eigenvalue weighted by Crippen LogP contribution is -2.42. The standard InChI is InChI=1S/C12H18N4O2/c1-10(8-16-7-3-5-13-16)14-11(17)9-15-6-2-4-12(15)18/h3,5,7,10H,2,4,6,8-9H2,1H3,(H,14,17). The maximum absolute atomic E-state index is 11.7. The molecule has 2 rings (SSSR count). The van der Waals surface area contributed by atoms with Gasteiger partial charge in [0.2, 0.25) is 11.8 Å². The van der Waals surface area contributed by atoms with Crippen molar-refractivity contribution in [3.8, 4) is 0 Å². The number of amides is 2. The Morgan fingerprint density at radius 1 is 1.61 bits per heavy atom. The Balaban J connectivity index is 1.75. The van der Waals surface area contributed by atoms with Gasteiger partial charge in [-0.25, -0.2) is 0 Å². The Morgan fingerprint density at radius 3 is 3.06 bits per heavy atom. The maximum atomic E-state index is 11.7. The maximum Gasteiger partial charge on any atom is 0.239 e. The molecule has 1 saturated heterocycles. The fourth-order valence-electron chi connectivity index (χ4n) is 2.10. The minimum absolute atomic E-state index is 0.00453. The summed E-state index contributed by atoms with van der Waals surface area (Å²) in [6, 6.07) is 1.84. The van der Waals surface area contributed by atoms with Gasteiger partial charge in [0.15, 0.2) is 0 Å². The predicted octanol–water partition coefficient (Wildman–Crippen LogP) is 0.0102. The van der Waals surface area contributed by atoms with E-state index < -0.39 is 0 Å². The summed E-state index contributed by atoms with van der Waals surface area (Å²) in [5.41, 5.74) is 0. The molecular formula is C12H18N4O2. The average molecular weight is 250 g/mol. The number of hydrogen-bond acceptors (Lipinski definition) is 3. The van der Waals surface area contributed by atoms with E-state index in [-0.39, 0.29) is 24.4 Å². The summed E-state index contributed by atoms with van der Waals surface area (Å²) in [5.74, 6) is -0.0326. The third kappa shape index (κ3) is 3.32. The van der Waals surface area contributed by atoms with Gasteiger partial charge in [-0.3, -0.25) is 14.3 Å². The first kappa shape index (κ1) is 12.6. The second-order valence-corrected chi connectivity index (χ2v) is 4.62. The van der Waals surface area contributed by atoms with Crippen LogP contribution in [0, 0.1) is 0 Å². The van der Waals surface area contributed by atoms with E-state index in [2.05, 4.69) is 10.4 Å². The summed E-state index contributed by atoms with van der Waals surface area (Å²) in [5, 5.41) is 6.95. The first-order valence-corrected chi connectivity index (χ1v) is 6.19. The largest absolute Gasteiger partial charge is 0.350 e. The molecule has 1 aliphatic heterocycles. The van der Waals surface area contributed by atoms with Crippen molar-refractivity contribution in [3.05, 3.63) is 18.5 Å². The topological polar surface area (TPSA) is 67.2 Å². The molecule has 6 heteroatoms. The van der Waals surface area contributed by atoms with E-state index in [1.807, 2.05) is 19.2 Å². The van der Waals surface area contributed by atoms with Gasteiger partial charge in [0.1, 0.15) is 0 Å². The molecule has 1 aromatic heterocycles. The van der Waals surface area contributed by atoms with E-state index in [9.17, 15) is 9.59 Å². The van der Waals surface area contributed by atoms with Gasteiger partial charge in [0.25, 0.3) is 0 Å². The highest BCUT2D eigenvalue weighted by atomic mass is 16.2. The molecule has 1 unspecified atom stereocenters. The number of carbonyl (C=O) groups excluding carboxylic acids is 2. The number of carbonyl (C=O) groups is 2. The SMILES string of the molecule is CC(Cn1cccn1)NC(=O)CN1CCCC1=O. The van der Waals surface area contributed by atoms with Crippen molar-refractivity contribution in [1.82, 2.24) is 20.0 Å². The van der Waals surface area contributed by atoms with Gasteiger partial charge in [-0.15, -0.1) is 0 Å². The third-order valence-corrected chi connectivity index (χ3v) is 2.93. The zero-order chi connectivity index (χ0) is 13.0. The fraction of sp³-hybridized carbons (Fsp3) is 0.583. The van der Waals surface area contributed by atoms with E-state index >= 15 is 0 Å². The van der Waals surface area contributed by atoms with E-state index in [1.165, 1.54) is 0 Å². The molecule has 0 aromatic carbocycles. The minimum Gasteiger partial charge on any atom is -0.350 e. The summed E-state index contributed by atoms with van der Waals surface area (Å²) < 4.78 is 1.77. The first-order chi connectivity index (χ1) is 8.65. The summed E-state index contributed by atoms with van der Waals surface area (Å²) in [6.45, 7) is 3.42. The third-order valence-electron chi connectivity index (χ3n) is 2.93. The molecule has 0 spiro atoms. The molecule has 2 heterocycles. The highest BCUT2D eigenvalue weighted by Crippen LogP contribution is 2.08. The van der Waals surface area contributed by atoms with Crippen LogP contribution >= 0.6 is 0 Å². The monoisotopic (exact) mass is 250 g/mol. The van der Waals surface area contributed by atoms with Crippen molar-refractivity contribution < 1.29 is 9.59 Å². The van der Waals surface area contributed by atoms with Crippen molar-refractivity contribution in [3.63, 3.8) is 0 Å². The van der Waals surface area contributed by atoms with Crippen LogP contribution in [0.2, 0.25) is 0 Å². The molecular weight excluding hydrogens is 232 g/mol. The van der Waals surface area contributed by atoms with E-state index in [1.54, 1.807) is 15.8 Å². The lowest BCUT2D eigenvalue weighted by Gasteiger charge is -2.18. The Labute approximate surface area is 106 Å². The van der Waals surface area contributed by atoms with Gasteiger partial charge in [-0.1, -0.05) is 0 Å². The van der Waals surface area contributed by atoms with Crippen LogP contribution in [0.15, 0.2) is 18.5 Å². The summed E-state index contributed by atoms with van der Waals surface area (Å²) in [6.07, 6.45) is 4.98. The highest BCUT2D eigenvalue weighted by molar-refractivity contribution is 5.85. The normalized spacial score (nSPS) is 16.9. The van der Waals surface area contributed by atoms with Crippen LogP contribution in [0.1, 0.15) is 19.8 Å². The molecule has 6 nitrogen and oxygen atoms in total. The van der Waals surface area contributed by atoms with E-state index in [4.69, 9.17) is 0 Å². The first-order valence-electron chi connectivity index (χ1n) is 6.19. The van der Waals surface area contributed by atoms with Crippen molar-refractivity contribution in [2.45, 2.75) is 32.4 Å². The smallest absolute Gasteiger partial charge is 0.239 e. The second kappa shape index (κ2) is 5.66. The molecule has 18 heavy (non-hydrogen) atoms. The Kier molecular flexibility index (Phi) is 3.96. The second-order valence-electron chi connectivity index (χ2n) is 4.62. The molecule has 0 bridgehead atoms. The molecule has 0 aliphatic carbocycles. The van der Waals surface area contributed by atoms with Crippen molar-refractivity contribution in [2.75, 3.05) is 13.1 Å². The van der Waals surface area contributed by atoms with Gasteiger partial charge in [-0.2, -0.15) is 5.10 Å². The minimum atomic E-state index is -0.107. The molecule has 1 atom stereocenters. The van der Waals surface area contributed by atoms with Crippen LogP contribution in [0.5, 0.6) is 0 Å². The van der Waals surface area contributed by atoms with Crippen molar-refractivity contribution >= 4 is 11.8 Å². The molecule has 1 aromatic rings. The number of aromatic nitrogens is 2. The molecule has 98 valence electrons. The van der Waals surface area contributed by atoms with Crippen LogP contribution in [0.3, 0.4) is 0 Å². The predicted molar refractivity (Wildman–Crippen MR) is 65.6 cm³/mol. The fourth-order valence-corrected chi connectivity index (χ4v) is 2.10. The average Bonchev–Trinajstić information content (AvgIpc) is 2.91. The van der Waals surface area contributed by atoms with Crippen molar-refractivity contribution in [1.29, 1.82) is 0 Å². The van der Waals surface area contributed by atoms with Crippen LogP contribution in [0.4, 0.5) is 0 Å². The molecule has 0 saturated carbocycles. The molecule has 0 radical (unpaired) electrons. The Bertz CT molecular complexity index is 416. The Hall–Kier alpha value is -1.85. The van der Waals surface area contributed by atoms with Gasteiger partial charge < -0.3 is 10.2 Å². The summed E-state index contributed by atoms with van der Waals surface area (Å²) in [7, 11) is 0. The molecule has 1 N–H and O–H groups in total. The van der Waals surface area contributed by atoms with Crippen LogP contribution < -0.4 is 5.32 Å². The molecule has 1 fully saturated rings. The van der Waals surface area contributed by atoms with Gasteiger partial charge >= 0.3 is 0 Å². The van der Waals surface area contributed by atoms with Gasteiger partial charge in [0, 0.05) is 31.4 Å². The zero-order valence-corrected chi connectivity index (χ0v) is 10.5. The lowest BCUT2D eigenvalue weighted by atomic mass is 10.3. The van der Waals surface area contributed by atoms with Crippen LogP contribution in [-0.2, 0) is 16.1 Å².